The number of nitrogens with one attached hydrogen (secondary N) is 1. The Morgan fingerprint density at radius 2 is 1.68 bits per heavy atom. The molecule has 4 nitrogen and oxygen atoms in total. The van der Waals surface area contributed by atoms with E-state index in [2.05, 4.69) is 16.1 Å². The van der Waals surface area contributed by atoms with Gasteiger partial charge in [-0.25, -0.2) is 0 Å². The van der Waals surface area contributed by atoms with E-state index in [9.17, 15) is 4.79 Å². The Morgan fingerprint density at radius 1 is 1.16 bits per heavy atom. The van der Waals surface area contributed by atoms with Gasteiger partial charge in [-0.3, -0.25) is 9.69 Å². The van der Waals surface area contributed by atoms with Gasteiger partial charge in [0.1, 0.15) is 0 Å². The quantitative estimate of drug-likeness (QED) is 0.761. The van der Waals surface area contributed by atoms with Crippen LogP contribution in [0, 0.1) is 12.3 Å². The molecule has 2 aliphatic rings. The van der Waals surface area contributed by atoms with Crippen LogP contribution in [-0.4, -0.2) is 60.5 Å². The van der Waals surface area contributed by atoms with Crippen LogP contribution in [0.2, 0.25) is 0 Å². The Labute approximate surface area is 116 Å². The lowest BCUT2D eigenvalue weighted by Crippen LogP contribution is -2.50. The highest BCUT2D eigenvalue weighted by atomic mass is 16.2. The van der Waals surface area contributed by atoms with E-state index in [-0.39, 0.29) is 5.91 Å². The van der Waals surface area contributed by atoms with Gasteiger partial charge in [-0.2, -0.15) is 0 Å². The summed E-state index contributed by atoms with van der Waals surface area (Å²) < 4.78 is 0. The second-order valence-corrected chi connectivity index (χ2v) is 5.70. The van der Waals surface area contributed by atoms with Gasteiger partial charge < -0.3 is 10.2 Å². The fourth-order valence-electron chi connectivity index (χ4n) is 3.08. The van der Waals surface area contributed by atoms with Crippen molar-refractivity contribution in [1.29, 1.82) is 0 Å². The zero-order valence-electron chi connectivity index (χ0n) is 11.9. The molecule has 0 saturated carbocycles. The predicted octanol–water partition coefficient (Wildman–Crippen LogP) is 0.684. The van der Waals surface area contributed by atoms with Crippen LogP contribution in [0.25, 0.3) is 0 Å². The van der Waals surface area contributed by atoms with E-state index < -0.39 is 0 Å². The topological polar surface area (TPSA) is 35.6 Å². The molecule has 2 fully saturated rings. The standard InChI is InChI=1S/C15H25N3O/c1-3-8-17-9-4-14(5-10-17)16-15-6-11-18(12-7-15)13(2)19/h1,14-16H,4-12H2,2H3. The van der Waals surface area contributed by atoms with Crippen LogP contribution in [0.1, 0.15) is 32.6 Å². The summed E-state index contributed by atoms with van der Waals surface area (Å²) in [6.45, 7) is 6.47. The van der Waals surface area contributed by atoms with Crippen molar-refractivity contribution in [2.24, 2.45) is 0 Å². The van der Waals surface area contributed by atoms with Crippen LogP contribution in [0.3, 0.4) is 0 Å². The van der Waals surface area contributed by atoms with Crippen molar-refractivity contribution >= 4 is 5.91 Å². The highest BCUT2D eigenvalue weighted by Gasteiger charge is 2.24. The largest absolute Gasteiger partial charge is 0.343 e. The van der Waals surface area contributed by atoms with E-state index in [0.29, 0.717) is 12.1 Å². The third-order valence-electron chi connectivity index (χ3n) is 4.31. The molecule has 0 aromatic heterocycles. The Balaban J connectivity index is 1.67. The molecule has 2 saturated heterocycles. The van der Waals surface area contributed by atoms with Crippen LogP contribution >= 0.6 is 0 Å². The minimum Gasteiger partial charge on any atom is -0.343 e. The Bertz CT molecular complexity index is 334. The number of nitrogens with zero attached hydrogens (tertiary/aromatic N) is 2. The first kappa shape index (κ1) is 14.4. The zero-order chi connectivity index (χ0) is 13.7. The molecule has 0 spiro atoms. The summed E-state index contributed by atoms with van der Waals surface area (Å²) in [6.07, 6.45) is 9.89. The third-order valence-corrected chi connectivity index (χ3v) is 4.31. The predicted molar refractivity (Wildman–Crippen MR) is 76.7 cm³/mol. The van der Waals surface area contributed by atoms with Crippen molar-refractivity contribution in [3.8, 4) is 12.3 Å². The van der Waals surface area contributed by atoms with Gasteiger partial charge in [0.15, 0.2) is 0 Å². The molecule has 0 aliphatic carbocycles. The third kappa shape index (κ3) is 4.22. The summed E-state index contributed by atoms with van der Waals surface area (Å²) in [7, 11) is 0. The lowest BCUT2D eigenvalue weighted by molar-refractivity contribution is -0.129. The Kier molecular flexibility index (Phi) is 5.24. The van der Waals surface area contributed by atoms with E-state index in [1.54, 1.807) is 6.92 Å². The van der Waals surface area contributed by atoms with Gasteiger partial charge in [0.05, 0.1) is 6.54 Å². The van der Waals surface area contributed by atoms with Crippen molar-refractivity contribution in [2.75, 3.05) is 32.7 Å². The number of carbonyl (C=O) groups is 1. The molecular weight excluding hydrogens is 238 g/mol. The van der Waals surface area contributed by atoms with Gasteiger partial charge in [0.25, 0.3) is 0 Å². The first-order chi connectivity index (χ1) is 9.19. The number of hydrogen-bond acceptors (Lipinski definition) is 3. The summed E-state index contributed by atoms with van der Waals surface area (Å²) in [5.41, 5.74) is 0. The molecular formula is C15H25N3O. The summed E-state index contributed by atoms with van der Waals surface area (Å²) in [4.78, 5) is 15.6. The van der Waals surface area contributed by atoms with E-state index in [1.807, 2.05) is 4.90 Å². The monoisotopic (exact) mass is 263 g/mol. The summed E-state index contributed by atoms with van der Waals surface area (Å²) in [6, 6.07) is 1.21. The van der Waals surface area contributed by atoms with Gasteiger partial charge in [-0.05, 0) is 25.7 Å². The molecule has 0 aromatic carbocycles. The van der Waals surface area contributed by atoms with Crippen molar-refractivity contribution in [3.05, 3.63) is 0 Å². The van der Waals surface area contributed by atoms with E-state index in [4.69, 9.17) is 6.42 Å². The molecule has 0 unspecified atom stereocenters. The smallest absolute Gasteiger partial charge is 0.219 e. The molecule has 1 amide bonds. The fourth-order valence-corrected chi connectivity index (χ4v) is 3.08. The molecule has 0 atom stereocenters. The lowest BCUT2D eigenvalue weighted by atomic mass is 9.99. The minimum absolute atomic E-state index is 0.209. The summed E-state index contributed by atoms with van der Waals surface area (Å²) >= 11 is 0. The normalized spacial score (nSPS) is 23.3. The number of piperidine rings is 2. The van der Waals surface area contributed by atoms with Gasteiger partial charge in [0, 0.05) is 45.2 Å². The maximum absolute atomic E-state index is 11.3. The number of rotatable bonds is 3. The molecule has 2 aliphatic heterocycles. The van der Waals surface area contributed by atoms with Crippen molar-refractivity contribution in [2.45, 2.75) is 44.7 Å². The number of terminal acetylenes is 1. The van der Waals surface area contributed by atoms with Crippen molar-refractivity contribution in [1.82, 2.24) is 15.1 Å². The molecule has 2 rings (SSSR count). The number of hydrogen-bond donors (Lipinski definition) is 1. The number of amides is 1. The van der Waals surface area contributed by atoms with Gasteiger partial charge in [-0.1, -0.05) is 5.92 Å². The molecule has 0 bridgehead atoms. The zero-order valence-corrected chi connectivity index (χ0v) is 11.9. The summed E-state index contributed by atoms with van der Waals surface area (Å²) in [5, 5.41) is 3.76. The average Bonchev–Trinajstić information content (AvgIpc) is 2.42. The van der Waals surface area contributed by atoms with Crippen LogP contribution in [0.15, 0.2) is 0 Å². The molecule has 0 radical (unpaired) electrons. The van der Waals surface area contributed by atoms with Crippen LogP contribution in [-0.2, 0) is 4.79 Å². The van der Waals surface area contributed by atoms with Gasteiger partial charge >= 0.3 is 0 Å². The first-order valence-corrected chi connectivity index (χ1v) is 7.36. The first-order valence-electron chi connectivity index (χ1n) is 7.36. The summed E-state index contributed by atoms with van der Waals surface area (Å²) in [5.74, 6) is 2.93. The second kappa shape index (κ2) is 6.93. The van der Waals surface area contributed by atoms with Crippen LogP contribution in [0.4, 0.5) is 0 Å². The number of carbonyl (C=O) groups excluding carboxylic acids is 1. The lowest BCUT2D eigenvalue weighted by Gasteiger charge is -2.37. The maximum atomic E-state index is 11.3. The molecule has 106 valence electrons. The molecule has 2 heterocycles. The maximum Gasteiger partial charge on any atom is 0.219 e. The fraction of sp³-hybridized carbons (Fsp3) is 0.800. The van der Waals surface area contributed by atoms with Gasteiger partial charge in [0.2, 0.25) is 5.91 Å². The SMILES string of the molecule is C#CCN1CCC(NC2CCN(C(C)=O)CC2)CC1. The van der Waals surface area contributed by atoms with E-state index in [0.717, 1.165) is 45.6 Å². The average molecular weight is 263 g/mol. The Hall–Kier alpha value is -1.05. The highest BCUT2D eigenvalue weighted by Crippen LogP contribution is 2.15. The van der Waals surface area contributed by atoms with E-state index >= 15 is 0 Å². The number of likely N-dealkylation sites (tertiary alicyclic amines) is 2. The van der Waals surface area contributed by atoms with Gasteiger partial charge in [-0.15, -0.1) is 6.42 Å². The molecule has 0 aromatic rings. The molecule has 4 heteroatoms. The minimum atomic E-state index is 0.209. The second-order valence-electron chi connectivity index (χ2n) is 5.70. The molecule has 19 heavy (non-hydrogen) atoms. The van der Waals surface area contributed by atoms with E-state index in [1.165, 1.54) is 12.8 Å². The highest BCUT2D eigenvalue weighted by molar-refractivity contribution is 5.73. The van der Waals surface area contributed by atoms with Crippen LogP contribution in [0.5, 0.6) is 0 Å². The van der Waals surface area contributed by atoms with Crippen LogP contribution < -0.4 is 5.32 Å². The van der Waals surface area contributed by atoms with Crippen molar-refractivity contribution in [3.63, 3.8) is 0 Å². The van der Waals surface area contributed by atoms with Crippen molar-refractivity contribution < 1.29 is 4.79 Å². The Morgan fingerprint density at radius 3 is 2.16 bits per heavy atom. The molecule has 1 N–H and O–H groups in total.